The van der Waals surface area contributed by atoms with Crippen molar-refractivity contribution in [1.29, 1.82) is 0 Å². The van der Waals surface area contributed by atoms with Crippen LogP contribution in [-0.4, -0.2) is 29.4 Å². The second kappa shape index (κ2) is 7.07. The number of para-hydroxylation sites is 1. The number of anilines is 2. The van der Waals surface area contributed by atoms with Gasteiger partial charge in [-0.25, -0.2) is 0 Å². The number of nitrogens with zero attached hydrogens (tertiary/aromatic N) is 2. The maximum Gasteiger partial charge on any atom is 0.214 e. The molecule has 6 nitrogen and oxygen atoms in total. The molecule has 0 aliphatic heterocycles. The van der Waals surface area contributed by atoms with E-state index in [1.807, 2.05) is 30.3 Å². The van der Waals surface area contributed by atoms with Crippen LogP contribution in [0, 0.1) is 0 Å². The minimum atomic E-state index is 0.492. The number of hydrogen-bond acceptors (Lipinski definition) is 5. The van der Waals surface area contributed by atoms with Gasteiger partial charge in [-0.3, -0.25) is 5.10 Å². The number of nitrogens with one attached hydrogen (secondary N) is 2. The average Bonchev–Trinajstić information content (AvgIpc) is 3.09. The Morgan fingerprint density at radius 1 is 0.962 bits per heavy atom. The zero-order valence-corrected chi connectivity index (χ0v) is 14.9. The summed E-state index contributed by atoms with van der Waals surface area (Å²) < 4.78 is 10.6. The molecule has 0 spiro atoms. The average molecular weight is 350 g/mol. The zero-order chi connectivity index (χ0) is 17.9. The molecular formula is C20H22N4O2. The van der Waals surface area contributed by atoms with E-state index in [0.717, 1.165) is 30.1 Å². The van der Waals surface area contributed by atoms with Crippen LogP contribution in [0.25, 0.3) is 0 Å². The summed E-state index contributed by atoms with van der Waals surface area (Å²) in [6.07, 6.45) is 2.19. The first kappa shape index (κ1) is 16.4. The first-order chi connectivity index (χ1) is 12.8. The molecule has 4 rings (SSSR count). The van der Waals surface area contributed by atoms with Crippen molar-refractivity contribution < 1.29 is 9.47 Å². The van der Waals surface area contributed by atoms with Crippen molar-refractivity contribution in [3.8, 4) is 11.6 Å². The van der Waals surface area contributed by atoms with Gasteiger partial charge in [0.15, 0.2) is 5.82 Å². The van der Waals surface area contributed by atoms with Crippen LogP contribution >= 0.6 is 0 Å². The van der Waals surface area contributed by atoms with Crippen LogP contribution in [0.4, 0.5) is 11.6 Å². The SMILES string of the molecule is COc1cccc(Nc2cc([C@H]3C[C@@H](c4ccccc4OC)C3)[nH]n2)n1. The zero-order valence-electron chi connectivity index (χ0n) is 14.9. The molecule has 1 aromatic carbocycles. The molecule has 0 amide bonds. The highest BCUT2D eigenvalue weighted by atomic mass is 16.5. The molecule has 3 aromatic rings. The predicted molar refractivity (Wildman–Crippen MR) is 100 cm³/mol. The molecule has 1 aliphatic rings. The summed E-state index contributed by atoms with van der Waals surface area (Å²) in [5.74, 6) is 4.06. The Balaban J connectivity index is 1.40. The van der Waals surface area contributed by atoms with E-state index in [2.05, 4.69) is 38.7 Å². The number of H-pyrrole nitrogens is 1. The molecule has 0 unspecified atom stereocenters. The third-order valence-corrected chi connectivity index (χ3v) is 4.94. The lowest BCUT2D eigenvalue weighted by Gasteiger charge is -2.35. The Morgan fingerprint density at radius 3 is 2.62 bits per heavy atom. The summed E-state index contributed by atoms with van der Waals surface area (Å²) in [5, 5.41) is 10.7. The number of methoxy groups -OCH3 is 2. The Morgan fingerprint density at radius 2 is 1.81 bits per heavy atom. The Hall–Kier alpha value is -3.02. The normalized spacial score (nSPS) is 18.8. The lowest BCUT2D eigenvalue weighted by atomic mass is 9.70. The molecular weight excluding hydrogens is 328 g/mol. The second-order valence-electron chi connectivity index (χ2n) is 6.51. The standard InChI is InChI=1S/C20H22N4O2/c1-25-17-7-4-3-6-15(17)13-10-14(11-13)16-12-19(24-23-16)21-18-8-5-9-20(22-18)26-2/h3-9,12-14H,10-11H2,1-2H3,(H2,21,22,23,24)/t13-,14+. The molecule has 6 heteroatoms. The maximum absolute atomic E-state index is 5.49. The van der Waals surface area contributed by atoms with Gasteiger partial charge >= 0.3 is 0 Å². The number of ether oxygens (including phenoxy) is 2. The van der Waals surface area contributed by atoms with E-state index in [0.29, 0.717) is 23.5 Å². The van der Waals surface area contributed by atoms with Crippen molar-refractivity contribution in [1.82, 2.24) is 15.2 Å². The van der Waals surface area contributed by atoms with Gasteiger partial charge in [0, 0.05) is 23.7 Å². The molecule has 2 N–H and O–H groups in total. The third-order valence-electron chi connectivity index (χ3n) is 4.94. The molecule has 134 valence electrons. The maximum atomic E-state index is 5.49. The lowest BCUT2D eigenvalue weighted by Crippen LogP contribution is -2.20. The predicted octanol–water partition coefficient (Wildman–Crippen LogP) is 4.23. The highest BCUT2D eigenvalue weighted by Crippen LogP contribution is 2.49. The molecule has 2 aromatic heterocycles. The summed E-state index contributed by atoms with van der Waals surface area (Å²) in [5.41, 5.74) is 2.45. The van der Waals surface area contributed by atoms with Crippen LogP contribution in [-0.2, 0) is 0 Å². The highest BCUT2D eigenvalue weighted by Gasteiger charge is 2.34. The summed E-state index contributed by atoms with van der Waals surface area (Å²) in [7, 11) is 3.34. The van der Waals surface area contributed by atoms with Crippen LogP contribution < -0.4 is 14.8 Å². The number of aromatic nitrogens is 3. The van der Waals surface area contributed by atoms with E-state index in [9.17, 15) is 0 Å². The fourth-order valence-electron chi connectivity index (χ4n) is 3.47. The van der Waals surface area contributed by atoms with Crippen LogP contribution in [0.1, 0.15) is 35.9 Å². The minimum Gasteiger partial charge on any atom is -0.496 e. The molecule has 1 aliphatic carbocycles. The second-order valence-corrected chi connectivity index (χ2v) is 6.51. The number of rotatable bonds is 6. The van der Waals surface area contributed by atoms with E-state index in [1.54, 1.807) is 14.2 Å². The first-order valence-electron chi connectivity index (χ1n) is 8.73. The summed E-state index contributed by atoms with van der Waals surface area (Å²) in [6.45, 7) is 0. The van der Waals surface area contributed by atoms with Gasteiger partial charge in [-0.1, -0.05) is 24.3 Å². The van der Waals surface area contributed by atoms with Crippen LogP contribution in [0.3, 0.4) is 0 Å². The van der Waals surface area contributed by atoms with E-state index in [1.165, 1.54) is 5.56 Å². The third kappa shape index (κ3) is 3.22. The molecule has 1 fully saturated rings. The highest BCUT2D eigenvalue weighted by molar-refractivity contribution is 5.53. The van der Waals surface area contributed by atoms with Gasteiger partial charge in [0.2, 0.25) is 5.88 Å². The van der Waals surface area contributed by atoms with E-state index in [-0.39, 0.29) is 0 Å². The summed E-state index contributed by atoms with van der Waals surface area (Å²) >= 11 is 0. The topological polar surface area (TPSA) is 72.1 Å². The van der Waals surface area contributed by atoms with Crippen molar-refractivity contribution >= 4 is 11.6 Å². The van der Waals surface area contributed by atoms with Gasteiger partial charge in [-0.2, -0.15) is 10.1 Å². The summed E-state index contributed by atoms with van der Waals surface area (Å²) in [4.78, 5) is 4.34. The summed E-state index contributed by atoms with van der Waals surface area (Å²) in [6, 6.07) is 15.9. The van der Waals surface area contributed by atoms with Gasteiger partial charge in [0.1, 0.15) is 11.6 Å². The molecule has 26 heavy (non-hydrogen) atoms. The Labute approximate surface area is 152 Å². The van der Waals surface area contributed by atoms with Gasteiger partial charge < -0.3 is 14.8 Å². The van der Waals surface area contributed by atoms with E-state index >= 15 is 0 Å². The lowest BCUT2D eigenvalue weighted by molar-refractivity contribution is 0.328. The first-order valence-corrected chi connectivity index (χ1v) is 8.73. The van der Waals surface area contributed by atoms with E-state index in [4.69, 9.17) is 9.47 Å². The fraction of sp³-hybridized carbons (Fsp3) is 0.300. The Bertz CT molecular complexity index is 887. The van der Waals surface area contributed by atoms with Crippen molar-refractivity contribution in [2.45, 2.75) is 24.7 Å². The molecule has 0 saturated heterocycles. The van der Waals surface area contributed by atoms with Crippen molar-refractivity contribution in [2.75, 3.05) is 19.5 Å². The quantitative estimate of drug-likeness (QED) is 0.696. The minimum absolute atomic E-state index is 0.492. The number of aromatic amines is 1. The molecule has 1 saturated carbocycles. The number of pyridine rings is 1. The van der Waals surface area contributed by atoms with Crippen LogP contribution in [0.2, 0.25) is 0 Å². The van der Waals surface area contributed by atoms with Crippen molar-refractivity contribution in [3.05, 3.63) is 59.8 Å². The van der Waals surface area contributed by atoms with Gasteiger partial charge in [-0.05, 0) is 36.5 Å². The van der Waals surface area contributed by atoms with Crippen LogP contribution in [0.15, 0.2) is 48.5 Å². The van der Waals surface area contributed by atoms with Gasteiger partial charge in [0.05, 0.1) is 14.2 Å². The number of benzene rings is 1. The van der Waals surface area contributed by atoms with Crippen molar-refractivity contribution in [3.63, 3.8) is 0 Å². The largest absolute Gasteiger partial charge is 0.496 e. The molecule has 0 bridgehead atoms. The smallest absolute Gasteiger partial charge is 0.214 e. The Kier molecular flexibility index (Phi) is 4.48. The van der Waals surface area contributed by atoms with E-state index < -0.39 is 0 Å². The molecule has 0 atom stereocenters. The monoisotopic (exact) mass is 350 g/mol. The van der Waals surface area contributed by atoms with Gasteiger partial charge in [0.25, 0.3) is 0 Å². The molecule has 0 radical (unpaired) electrons. The van der Waals surface area contributed by atoms with Crippen LogP contribution in [0.5, 0.6) is 11.6 Å². The van der Waals surface area contributed by atoms with Gasteiger partial charge in [-0.15, -0.1) is 0 Å². The van der Waals surface area contributed by atoms with Crippen molar-refractivity contribution in [2.24, 2.45) is 0 Å². The fourth-order valence-corrected chi connectivity index (χ4v) is 3.47. The molecule has 2 heterocycles. The number of hydrogen-bond donors (Lipinski definition) is 2.